The molecule has 0 amide bonds. The maximum Gasteiger partial charge on any atom is 0.0701 e. The SMILES string of the molecule is C.CC(/C=C(/C)[N-]c1c(C)cccc1C(C)C)=Nc1c(C(C)C)cccc1C(C)C.CC(/C=C(/C)[N-]c1ccccc1)=Nc1ccccc1.CC(=N)/C=C(/C)[O-].CN=C(C)/C=C(/C)[N-]C.CN=C(C)/C=C(/C)[N-]C.CN=C(C)/C=C(/C)[O-].CN=C(C)/C=C(/C)[O-].CN=C(C)/C=C(/C)[O-].Cc1cccc(C=Nc2c(C)cccc2C(C)C)c1[O-].[O-]c1ccccc1C=Nc1ccccc1. The maximum absolute atomic E-state index is 12.0. The van der Waals surface area contributed by atoms with E-state index in [1.54, 1.807) is 102 Å². The van der Waals surface area contributed by atoms with Crippen LogP contribution in [-0.2, 0) is 0 Å². The predicted molar refractivity (Wildman–Crippen MR) is 571 cm³/mol. The molecular weight excluding hydrogens is 1650 g/mol. The molecule has 0 aliphatic rings. The number of aliphatic imine (C=N–C) groups is 9. The summed E-state index contributed by atoms with van der Waals surface area (Å²) < 4.78 is 0. The molecule has 0 aliphatic carbocycles. The first-order valence-corrected chi connectivity index (χ1v) is 43.9. The van der Waals surface area contributed by atoms with E-state index in [1.165, 1.54) is 85.9 Å². The molecule has 8 aromatic rings. The highest BCUT2D eigenvalue weighted by Crippen LogP contribution is 2.38. The van der Waals surface area contributed by atoms with Gasteiger partial charge in [0.05, 0.1) is 22.7 Å². The highest BCUT2D eigenvalue weighted by Gasteiger charge is 2.14. The number of hydrogen-bond acceptors (Lipinski definition) is 16. The Labute approximate surface area is 801 Å². The van der Waals surface area contributed by atoms with E-state index in [-0.39, 0.29) is 42.0 Å². The minimum absolute atomic E-state index is 0. The summed E-state index contributed by atoms with van der Waals surface area (Å²) >= 11 is 0. The molecule has 20 nitrogen and oxygen atoms in total. The smallest absolute Gasteiger partial charge is 0.0701 e. The number of aryl methyl sites for hydroxylation is 3. The lowest BCUT2D eigenvalue weighted by Gasteiger charge is -2.30. The second-order valence-electron chi connectivity index (χ2n) is 31.8. The van der Waals surface area contributed by atoms with Crippen LogP contribution in [0.15, 0.2) is 327 Å². The first-order valence-electron chi connectivity index (χ1n) is 43.9. The second kappa shape index (κ2) is 71.2. The van der Waals surface area contributed by atoms with Crippen LogP contribution in [0, 0.1) is 26.2 Å². The van der Waals surface area contributed by atoms with Crippen LogP contribution in [0.25, 0.3) is 21.3 Å². The molecule has 0 unspecified atom stereocenters. The van der Waals surface area contributed by atoms with Crippen LogP contribution in [0.1, 0.15) is 247 Å². The van der Waals surface area contributed by atoms with Crippen molar-refractivity contribution < 1.29 is 30.6 Å². The number of hydrogen-bond donors (Lipinski definition) is 1. The fraction of sp³-hybridized carbons (Fsp3) is 0.345. The van der Waals surface area contributed by atoms with Gasteiger partial charge in [-0.3, -0.25) is 44.9 Å². The van der Waals surface area contributed by atoms with Crippen molar-refractivity contribution in [2.24, 2.45) is 44.9 Å². The number of nitrogens with one attached hydrogen (secondary N) is 1. The van der Waals surface area contributed by atoms with Crippen molar-refractivity contribution in [2.45, 2.75) is 218 Å². The van der Waals surface area contributed by atoms with Crippen LogP contribution < -0.4 is 30.6 Å². The molecule has 0 saturated heterocycles. The average molecular weight is 1800 g/mol. The summed E-state index contributed by atoms with van der Waals surface area (Å²) in [7, 11) is 12.1. The summed E-state index contributed by atoms with van der Waals surface area (Å²) in [5.74, 6) is 1.87. The van der Waals surface area contributed by atoms with Crippen LogP contribution in [0.3, 0.4) is 0 Å². The summed E-state index contributed by atoms with van der Waals surface area (Å²) in [4.78, 5) is 37.6. The highest BCUT2D eigenvalue weighted by molar-refractivity contribution is 5.98. The number of rotatable bonds is 24. The molecule has 0 aliphatic heterocycles. The average Bonchev–Trinajstić information content (AvgIpc) is 0.832. The number of benzene rings is 8. The Bertz CT molecular complexity index is 5170. The molecule has 1 N–H and O–H groups in total. The number of para-hydroxylation sites is 8. The Morgan fingerprint density at radius 3 is 1.02 bits per heavy atom. The lowest BCUT2D eigenvalue weighted by atomic mass is 9.93. The molecular formula is C113H152N14O6-10. The molecule has 0 atom stereocenters. The van der Waals surface area contributed by atoms with E-state index in [4.69, 9.17) is 15.7 Å². The standard InChI is InChI=1S/C27H37N2.C18H21NO.C17H17N2.C13H11NO.2C7H13N2.3C6H11NO.C5H9NO.CH4/c1-17(2)23-13-10-12-20(7)26(23)28-21(8)16-22(9)29-27-24(18(3)4)14-11-15-25(27)19(5)6;1-12(2)16-10-6-7-13(3)17(16)19-11-15-9-5-8-14(4)18(15)20;1-14(18-16-9-5-3-6-10-16)13-15(2)19-17-11-7-4-8-12-17;15-13-9-5-4-6-11(13)10-14-12-7-2-1-3-8-12;2*1-6(8-3)5-7(2)9-4;3*1-5(7-3)4-6(2)8;1-4(6)3-5(2)7;/h10-19H,1-9H3;5-12,20H,1-4H3;3-13H,1-2H3;1-10,15H;2*5H,1-4H3;3*4,8H,1-3H3;3,6-7H,1-2H3;1H4/q-1;;-1;;2*-1;;;;;/p-6/b21-16-,29-22?;;14-13-,19-15?;;2*6-5-,9-7?;3*6-4-,7-5?;5-3-,6-4?;. The molecule has 0 fully saturated rings. The normalized spacial score (nSPS) is 12.6. The van der Waals surface area contributed by atoms with Gasteiger partial charge >= 0.3 is 0 Å². The summed E-state index contributed by atoms with van der Waals surface area (Å²) in [6.45, 7) is 52.5. The second-order valence-corrected chi connectivity index (χ2v) is 31.8. The van der Waals surface area contributed by atoms with Crippen LogP contribution in [-0.4, -0.2) is 107 Å². The van der Waals surface area contributed by atoms with Gasteiger partial charge < -0.3 is 57.3 Å². The van der Waals surface area contributed by atoms with Crippen molar-refractivity contribution >= 4 is 92.2 Å². The number of allylic oxidation sites excluding steroid dienone is 16. The van der Waals surface area contributed by atoms with E-state index in [2.05, 4.69) is 187 Å². The lowest BCUT2D eigenvalue weighted by molar-refractivity contribution is -0.302. The summed E-state index contributed by atoms with van der Waals surface area (Å²) in [5, 5.41) is 88.4. The van der Waals surface area contributed by atoms with Crippen molar-refractivity contribution in [3.05, 3.63) is 354 Å². The zero-order valence-corrected chi connectivity index (χ0v) is 85.2. The topological polar surface area (TPSA) is 330 Å². The third-order valence-electron chi connectivity index (χ3n) is 18.2. The third-order valence-corrected chi connectivity index (χ3v) is 18.2. The molecule has 8 aromatic carbocycles. The molecule has 720 valence electrons. The predicted octanol–water partition coefficient (Wildman–Crippen LogP) is 27.1. The summed E-state index contributed by atoms with van der Waals surface area (Å²) in [6, 6.07) is 60.9. The Hall–Kier alpha value is -13.6. The summed E-state index contributed by atoms with van der Waals surface area (Å²) in [5.41, 5.74) is 26.0. The molecule has 8 rings (SSSR count). The maximum atomic E-state index is 12.0. The molecule has 0 aromatic heterocycles. The van der Waals surface area contributed by atoms with Crippen LogP contribution in [0.4, 0.5) is 34.1 Å². The fourth-order valence-corrected chi connectivity index (χ4v) is 11.2. The van der Waals surface area contributed by atoms with Crippen LogP contribution in [0.5, 0.6) is 11.5 Å². The number of nitrogens with zero attached hydrogens (tertiary/aromatic N) is 13. The molecule has 20 heteroatoms. The Morgan fingerprint density at radius 2 is 0.639 bits per heavy atom. The van der Waals surface area contributed by atoms with E-state index < -0.39 is 0 Å². The lowest BCUT2D eigenvalue weighted by Crippen LogP contribution is -2.00. The van der Waals surface area contributed by atoms with Gasteiger partial charge in [0.25, 0.3) is 0 Å². The van der Waals surface area contributed by atoms with Gasteiger partial charge in [-0.15, -0.1) is 54.3 Å². The highest BCUT2D eigenvalue weighted by atomic mass is 16.3. The molecule has 0 spiro atoms. The van der Waals surface area contributed by atoms with Crippen molar-refractivity contribution in [2.75, 3.05) is 49.3 Å². The van der Waals surface area contributed by atoms with Gasteiger partial charge in [0.1, 0.15) is 0 Å². The molecule has 0 radical (unpaired) electrons. The Kier molecular flexibility index (Phi) is 66.1. The molecule has 0 bridgehead atoms. The van der Waals surface area contributed by atoms with E-state index in [0.29, 0.717) is 40.5 Å². The quantitative estimate of drug-likeness (QED) is 0.0452. The Balaban J connectivity index is -0.00000147. The van der Waals surface area contributed by atoms with Gasteiger partial charge in [0.2, 0.25) is 0 Å². The zero-order valence-electron chi connectivity index (χ0n) is 85.2. The van der Waals surface area contributed by atoms with E-state index >= 15 is 0 Å². The first-order chi connectivity index (χ1) is 62.2. The largest absolute Gasteiger partial charge is 0.876 e. The first kappa shape index (κ1) is 124. The molecule has 0 saturated carbocycles. The van der Waals surface area contributed by atoms with Crippen molar-refractivity contribution in [1.29, 1.82) is 5.41 Å². The van der Waals surface area contributed by atoms with E-state index in [0.717, 1.165) is 108 Å². The molecule has 0 heterocycles. The van der Waals surface area contributed by atoms with Gasteiger partial charge in [0.15, 0.2) is 0 Å². The van der Waals surface area contributed by atoms with Gasteiger partial charge in [-0.2, -0.15) is 22.8 Å². The van der Waals surface area contributed by atoms with E-state index in [9.17, 15) is 30.6 Å². The van der Waals surface area contributed by atoms with Crippen molar-refractivity contribution in [3.63, 3.8) is 0 Å². The van der Waals surface area contributed by atoms with Gasteiger partial charge in [0, 0.05) is 93.4 Å². The van der Waals surface area contributed by atoms with Crippen molar-refractivity contribution in [1.82, 2.24) is 0 Å². The zero-order chi connectivity index (χ0) is 101. The Morgan fingerprint density at radius 1 is 0.316 bits per heavy atom. The van der Waals surface area contributed by atoms with Crippen molar-refractivity contribution in [3.8, 4) is 11.5 Å². The third kappa shape index (κ3) is 58.6. The fourth-order valence-electron chi connectivity index (χ4n) is 11.2. The molecule has 133 heavy (non-hydrogen) atoms. The summed E-state index contributed by atoms with van der Waals surface area (Å²) in [6.07, 6.45) is 17.0. The minimum atomic E-state index is -0.0625. The monoisotopic (exact) mass is 1800 g/mol. The van der Waals surface area contributed by atoms with Crippen LogP contribution >= 0.6 is 0 Å². The van der Waals surface area contributed by atoms with Gasteiger partial charge in [-0.1, -0.05) is 353 Å². The van der Waals surface area contributed by atoms with E-state index in [1.807, 2.05) is 195 Å². The van der Waals surface area contributed by atoms with Crippen LogP contribution in [0.2, 0.25) is 0 Å². The van der Waals surface area contributed by atoms with Gasteiger partial charge in [-0.05, 0) is 157 Å². The minimum Gasteiger partial charge on any atom is -0.876 e. The van der Waals surface area contributed by atoms with Gasteiger partial charge in [-0.25, -0.2) is 0 Å².